The molecular weight excluding hydrogens is 251 g/mol. The Morgan fingerprint density at radius 2 is 1.41 bits per heavy atom. The number of rotatable bonds is 1. The summed E-state index contributed by atoms with van der Waals surface area (Å²) in [4.78, 5) is 0. The molecule has 1 atom stereocenters. The standard InChI is InChI=1S/C12H16F3N.ClH/c1-11(2,3)9-6-4-8(5-7-9)10(16)12(13,14)15;/h4-7,10H,16H2,1-3H3;1H/t10-;/m1./s1. The van der Waals surface area contributed by atoms with Gasteiger partial charge in [-0.25, -0.2) is 0 Å². The lowest BCUT2D eigenvalue weighted by molar-refractivity contribution is -0.149. The summed E-state index contributed by atoms with van der Waals surface area (Å²) in [7, 11) is 0. The average Bonchev–Trinajstić information content (AvgIpc) is 2.14. The van der Waals surface area contributed by atoms with Crippen LogP contribution < -0.4 is 5.73 Å². The molecule has 1 aromatic rings. The first kappa shape index (κ1) is 16.3. The molecule has 0 radical (unpaired) electrons. The minimum Gasteiger partial charge on any atom is -0.316 e. The first-order valence-electron chi connectivity index (χ1n) is 5.05. The van der Waals surface area contributed by atoms with E-state index in [2.05, 4.69) is 0 Å². The molecule has 98 valence electrons. The van der Waals surface area contributed by atoms with Gasteiger partial charge in [0.1, 0.15) is 6.04 Å². The summed E-state index contributed by atoms with van der Waals surface area (Å²) in [6.45, 7) is 6.02. The monoisotopic (exact) mass is 267 g/mol. The fourth-order valence-corrected chi connectivity index (χ4v) is 1.38. The maximum atomic E-state index is 12.3. The van der Waals surface area contributed by atoms with Crippen LogP contribution in [0.2, 0.25) is 0 Å². The van der Waals surface area contributed by atoms with Gasteiger partial charge in [-0.1, -0.05) is 45.0 Å². The van der Waals surface area contributed by atoms with Crippen LogP contribution in [0.15, 0.2) is 24.3 Å². The highest BCUT2D eigenvalue weighted by Gasteiger charge is 2.37. The number of alkyl halides is 3. The highest BCUT2D eigenvalue weighted by atomic mass is 35.5. The van der Waals surface area contributed by atoms with Gasteiger partial charge >= 0.3 is 6.18 Å². The van der Waals surface area contributed by atoms with Gasteiger partial charge in [0, 0.05) is 0 Å². The smallest absolute Gasteiger partial charge is 0.316 e. The molecule has 0 fully saturated rings. The lowest BCUT2D eigenvalue weighted by atomic mass is 9.86. The van der Waals surface area contributed by atoms with E-state index in [9.17, 15) is 13.2 Å². The van der Waals surface area contributed by atoms with Gasteiger partial charge in [-0.15, -0.1) is 12.4 Å². The van der Waals surface area contributed by atoms with Gasteiger partial charge in [-0.2, -0.15) is 13.2 Å². The van der Waals surface area contributed by atoms with E-state index >= 15 is 0 Å². The summed E-state index contributed by atoms with van der Waals surface area (Å²) in [5, 5.41) is 0. The van der Waals surface area contributed by atoms with Crippen LogP contribution in [0.25, 0.3) is 0 Å². The van der Waals surface area contributed by atoms with Crippen molar-refractivity contribution in [3.63, 3.8) is 0 Å². The van der Waals surface area contributed by atoms with Crippen LogP contribution in [0.5, 0.6) is 0 Å². The molecule has 5 heteroatoms. The van der Waals surface area contributed by atoms with Crippen molar-refractivity contribution in [3.8, 4) is 0 Å². The summed E-state index contributed by atoms with van der Waals surface area (Å²) in [6, 6.07) is 4.38. The van der Waals surface area contributed by atoms with E-state index in [0.29, 0.717) is 0 Å². The zero-order chi connectivity index (χ0) is 12.6. The fourth-order valence-electron chi connectivity index (χ4n) is 1.38. The van der Waals surface area contributed by atoms with Crippen LogP contribution in [0.1, 0.15) is 37.9 Å². The first-order valence-corrected chi connectivity index (χ1v) is 5.05. The van der Waals surface area contributed by atoms with Gasteiger partial charge in [-0.3, -0.25) is 0 Å². The molecular formula is C12H17ClF3N. The van der Waals surface area contributed by atoms with Crippen LogP contribution in [0.3, 0.4) is 0 Å². The van der Waals surface area contributed by atoms with Crippen LogP contribution in [-0.4, -0.2) is 6.18 Å². The minimum atomic E-state index is -4.39. The second kappa shape index (κ2) is 5.27. The molecule has 0 unspecified atom stereocenters. The van der Waals surface area contributed by atoms with Crippen molar-refractivity contribution in [3.05, 3.63) is 35.4 Å². The summed E-state index contributed by atoms with van der Waals surface area (Å²) < 4.78 is 37.0. The number of hydrogen-bond donors (Lipinski definition) is 1. The highest BCUT2D eigenvalue weighted by Crippen LogP contribution is 2.31. The van der Waals surface area contributed by atoms with Gasteiger partial charge in [0.2, 0.25) is 0 Å². The molecule has 0 aliphatic rings. The van der Waals surface area contributed by atoms with Crippen LogP contribution in [0.4, 0.5) is 13.2 Å². The molecule has 1 rings (SSSR count). The molecule has 0 saturated heterocycles. The molecule has 1 aromatic carbocycles. The van der Waals surface area contributed by atoms with E-state index in [1.54, 1.807) is 12.1 Å². The van der Waals surface area contributed by atoms with Crippen LogP contribution in [0, 0.1) is 0 Å². The summed E-state index contributed by atoms with van der Waals surface area (Å²) in [6.07, 6.45) is -4.39. The average molecular weight is 268 g/mol. The lowest BCUT2D eigenvalue weighted by Gasteiger charge is -2.21. The molecule has 0 spiro atoms. The maximum absolute atomic E-state index is 12.3. The summed E-state index contributed by atoms with van der Waals surface area (Å²) >= 11 is 0. The molecule has 0 amide bonds. The van der Waals surface area contributed by atoms with E-state index in [0.717, 1.165) is 5.56 Å². The largest absolute Gasteiger partial charge is 0.407 e. The fraction of sp³-hybridized carbons (Fsp3) is 0.500. The zero-order valence-corrected chi connectivity index (χ0v) is 10.8. The third-order valence-corrected chi connectivity index (χ3v) is 2.49. The number of nitrogens with two attached hydrogens (primary N) is 1. The lowest BCUT2D eigenvalue weighted by Crippen LogP contribution is -2.28. The Balaban J connectivity index is 0.00000256. The summed E-state index contributed by atoms with van der Waals surface area (Å²) in [5.41, 5.74) is 6.13. The molecule has 0 aliphatic carbocycles. The predicted octanol–water partition coefficient (Wildman–Crippen LogP) is 3.97. The van der Waals surface area contributed by atoms with Crippen LogP contribution >= 0.6 is 12.4 Å². The first-order chi connectivity index (χ1) is 7.12. The molecule has 0 bridgehead atoms. The summed E-state index contributed by atoms with van der Waals surface area (Å²) in [5.74, 6) is 0. The van der Waals surface area contributed by atoms with Crippen molar-refractivity contribution in [2.24, 2.45) is 5.73 Å². The van der Waals surface area contributed by atoms with Crippen molar-refractivity contribution < 1.29 is 13.2 Å². The maximum Gasteiger partial charge on any atom is 0.407 e. The number of hydrogen-bond acceptors (Lipinski definition) is 1. The Labute approximate surface area is 106 Å². The molecule has 0 aromatic heterocycles. The van der Waals surface area contributed by atoms with Crippen molar-refractivity contribution >= 4 is 12.4 Å². The van der Waals surface area contributed by atoms with Crippen molar-refractivity contribution in [1.82, 2.24) is 0 Å². The molecule has 17 heavy (non-hydrogen) atoms. The van der Waals surface area contributed by atoms with Crippen LogP contribution in [-0.2, 0) is 5.41 Å². The topological polar surface area (TPSA) is 26.0 Å². The van der Waals surface area contributed by atoms with Gasteiger partial charge in [-0.05, 0) is 16.5 Å². The van der Waals surface area contributed by atoms with Gasteiger partial charge in [0.05, 0.1) is 0 Å². The van der Waals surface area contributed by atoms with Crippen molar-refractivity contribution in [2.75, 3.05) is 0 Å². The predicted molar refractivity (Wildman–Crippen MR) is 65.4 cm³/mol. The quantitative estimate of drug-likeness (QED) is 0.819. The highest BCUT2D eigenvalue weighted by molar-refractivity contribution is 5.85. The van der Waals surface area contributed by atoms with Crippen molar-refractivity contribution in [2.45, 2.75) is 38.4 Å². The zero-order valence-electron chi connectivity index (χ0n) is 10.0. The van der Waals surface area contributed by atoms with Gasteiger partial charge in [0.25, 0.3) is 0 Å². The van der Waals surface area contributed by atoms with Crippen molar-refractivity contribution in [1.29, 1.82) is 0 Å². The molecule has 0 aliphatic heterocycles. The third-order valence-electron chi connectivity index (χ3n) is 2.49. The molecule has 0 heterocycles. The Hall–Kier alpha value is -0.740. The van der Waals surface area contributed by atoms with E-state index in [1.165, 1.54) is 12.1 Å². The van der Waals surface area contributed by atoms with E-state index in [4.69, 9.17) is 5.73 Å². The van der Waals surface area contributed by atoms with Gasteiger partial charge in [0.15, 0.2) is 0 Å². The Morgan fingerprint density at radius 3 is 1.71 bits per heavy atom. The van der Waals surface area contributed by atoms with E-state index in [-0.39, 0.29) is 23.4 Å². The molecule has 0 saturated carbocycles. The minimum absolute atomic E-state index is 0. The Kier molecular flexibility index (Phi) is 5.04. The second-order valence-corrected chi connectivity index (χ2v) is 4.89. The molecule has 1 nitrogen and oxygen atoms in total. The normalized spacial score (nSPS) is 14.1. The Bertz CT molecular complexity index is 351. The molecule has 2 N–H and O–H groups in total. The second-order valence-electron chi connectivity index (χ2n) is 4.89. The van der Waals surface area contributed by atoms with Gasteiger partial charge < -0.3 is 5.73 Å². The third kappa shape index (κ3) is 4.21. The SMILES string of the molecule is CC(C)(C)c1ccc([C@@H](N)C(F)(F)F)cc1.Cl. The van der Waals surface area contributed by atoms with E-state index < -0.39 is 12.2 Å². The van der Waals surface area contributed by atoms with E-state index in [1.807, 2.05) is 20.8 Å². The number of halogens is 4. The number of benzene rings is 1. The Morgan fingerprint density at radius 1 is 1.00 bits per heavy atom.